The third-order valence-electron chi connectivity index (χ3n) is 10.4. The summed E-state index contributed by atoms with van der Waals surface area (Å²) < 4.78 is 51.0. The molecule has 6 rings (SSSR count). The van der Waals surface area contributed by atoms with Gasteiger partial charge in [-0.1, -0.05) is 76.8 Å². The molecule has 0 amide bonds. The Balaban J connectivity index is 1.25. The van der Waals surface area contributed by atoms with Crippen molar-refractivity contribution in [2.45, 2.75) is 103 Å². The summed E-state index contributed by atoms with van der Waals surface area (Å²) >= 11 is 0. The van der Waals surface area contributed by atoms with E-state index in [4.69, 9.17) is 28.4 Å². The lowest BCUT2D eigenvalue weighted by molar-refractivity contribution is 0.00859. The van der Waals surface area contributed by atoms with E-state index in [0.717, 1.165) is 50.7 Å². The number of fused-ring (bicyclic) bond motifs is 2. The smallest absolute Gasteiger partial charge is 0.198 e. The highest BCUT2D eigenvalue weighted by Crippen LogP contribution is 2.41. The van der Waals surface area contributed by atoms with Crippen LogP contribution in [0.1, 0.15) is 26.3 Å². The van der Waals surface area contributed by atoms with E-state index in [1.807, 2.05) is 30.3 Å². The molecule has 2 aromatic carbocycles. The molecule has 2 fully saturated rings. The molecule has 2 aromatic heterocycles. The van der Waals surface area contributed by atoms with Crippen molar-refractivity contribution in [1.82, 2.24) is 9.55 Å². The van der Waals surface area contributed by atoms with Gasteiger partial charge in [0, 0.05) is 48.6 Å². The normalized spacial score (nSPS) is 21.1. The third kappa shape index (κ3) is 8.91. The van der Waals surface area contributed by atoms with Crippen LogP contribution in [-0.2, 0) is 35.1 Å². The standard InChI is InChI=1S/C40H57N3O6SSi2/c1-27-22-33-32(41-37(27)30-14-12-28(13-15-30)29-16-18-31(19-17-29)42-50(5,6)44)23-36(43(33)26-45-20-21-51(7,8)9)48-34-24-46-39-35(25-47-38(34)39)49-52(10,11)40(2,3)4/h12-19,22-23,34-35,38-39H,20-21,24-26H2,1-11H3/t34-,35-,38-,39-/m1/s1. The fraction of sp³-hybridized carbons (Fsp3) is 0.525. The van der Waals surface area contributed by atoms with Crippen LogP contribution in [0, 0.1) is 6.92 Å². The van der Waals surface area contributed by atoms with Crippen molar-refractivity contribution in [2.24, 2.45) is 4.36 Å². The van der Waals surface area contributed by atoms with Crippen LogP contribution < -0.4 is 4.74 Å². The minimum absolute atomic E-state index is 0.0968. The molecule has 4 heterocycles. The highest BCUT2D eigenvalue weighted by atomic mass is 32.2. The summed E-state index contributed by atoms with van der Waals surface area (Å²) in [4.78, 5) is 5.19. The fourth-order valence-corrected chi connectivity index (χ4v) is 9.14. The Morgan fingerprint density at radius 1 is 0.885 bits per heavy atom. The summed E-state index contributed by atoms with van der Waals surface area (Å²) in [6.07, 6.45) is 2.56. The van der Waals surface area contributed by atoms with Crippen molar-refractivity contribution in [3.05, 3.63) is 66.2 Å². The molecule has 0 N–H and O–H groups in total. The topological polar surface area (TPSA) is 93.4 Å². The first kappa shape index (κ1) is 38.9. The molecule has 0 saturated carbocycles. The Hall–Kier alpha value is -2.85. The molecule has 0 unspecified atom stereocenters. The van der Waals surface area contributed by atoms with Crippen molar-refractivity contribution in [3.63, 3.8) is 0 Å². The number of rotatable bonds is 12. The number of aromatic nitrogens is 2. The Kier molecular flexibility index (Phi) is 11.0. The van der Waals surface area contributed by atoms with Crippen LogP contribution in [0.15, 0.2) is 65.0 Å². The van der Waals surface area contributed by atoms with Crippen LogP contribution in [0.3, 0.4) is 0 Å². The van der Waals surface area contributed by atoms with Crippen LogP contribution in [-0.4, -0.2) is 86.9 Å². The van der Waals surface area contributed by atoms with Gasteiger partial charge in [0.05, 0.1) is 41.7 Å². The Bertz CT molecular complexity index is 2000. The lowest BCUT2D eigenvalue weighted by Crippen LogP contribution is -2.47. The van der Waals surface area contributed by atoms with Gasteiger partial charge in [0.15, 0.2) is 20.3 Å². The molecule has 282 valence electrons. The van der Waals surface area contributed by atoms with Crippen LogP contribution in [0.5, 0.6) is 5.88 Å². The van der Waals surface area contributed by atoms with Crippen molar-refractivity contribution in [2.75, 3.05) is 32.3 Å². The molecule has 52 heavy (non-hydrogen) atoms. The van der Waals surface area contributed by atoms with Crippen molar-refractivity contribution in [3.8, 4) is 28.3 Å². The van der Waals surface area contributed by atoms with Gasteiger partial charge in [0.2, 0.25) is 0 Å². The summed E-state index contributed by atoms with van der Waals surface area (Å²) in [5.74, 6) is 0.700. The van der Waals surface area contributed by atoms with Gasteiger partial charge in [0.1, 0.15) is 18.9 Å². The predicted molar refractivity (Wildman–Crippen MR) is 217 cm³/mol. The Morgan fingerprint density at radius 2 is 1.46 bits per heavy atom. The first-order chi connectivity index (χ1) is 24.3. The van der Waals surface area contributed by atoms with Gasteiger partial charge < -0.3 is 23.4 Å². The number of nitrogens with zero attached hydrogens (tertiary/aromatic N) is 3. The molecule has 4 atom stereocenters. The highest BCUT2D eigenvalue weighted by Gasteiger charge is 2.52. The molecule has 2 aliphatic heterocycles. The van der Waals surface area contributed by atoms with Gasteiger partial charge in [-0.3, -0.25) is 4.57 Å². The summed E-state index contributed by atoms with van der Waals surface area (Å²) in [6, 6.07) is 21.6. The Labute approximate surface area is 312 Å². The molecule has 9 nitrogen and oxygen atoms in total. The van der Waals surface area contributed by atoms with E-state index in [9.17, 15) is 4.21 Å². The molecule has 0 aliphatic carbocycles. The summed E-state index contributed by atoms with van der Waals surface area (Å²) in [6.45, 7) is 22.5. The molecule has 4 aromatic rings. The quantitative estimate of drug-likeness (QED) is 0.105. The highest BCUT2D eigenvalue weighted by molar-refractivity contribution is 7.92. The van der Waals surface area contributed by atoms with E-state index < -0.39 is 26.1 Å². The maximum absolute atomic E-state index is 12.1. The van der Waals surface area contributed by atoms with Gasteiger partial charge in [-0.05, 0) is 66.0 Å². The SMILES string of the molecule is Cc1cc2c(cc(O[C@@H]3CO[C@H]4[C@@H]3OC[C@H]4O[Si](C)(C)C(C)(C)C)n2COCC[Si](C)(C)C)nc1-c1ccc(-c2ccc(N=S(C)(C)=O)cc2)cc1. The molecule has 0 spiro atoms. The maximum Gasteiger partial charge on any atom is 0.198 e. The monoisotopic (exact) mass is 763 g/mol. The van der Waals surface area contributed by atoms with Gasteiger partial charge in [0.25, 0.3) is 0 Å². The molecule has 0 radical (unpaired) electrons. The third-order valence-corrected chi connectivity index (χ3v) is 17.3. The fourth-order valence-electron chi connectivity index (χ4n) is 6.44. The predicted octanol–water partition coefficient (Wildman–Crippen LogP) is 9.29. The number of benzene rings is 2. The average molecular weight is 764 g/mol. The molecule has 0 bridgehead atoms. The van der Waals surface area contributed by atoms with Crippen LogP contribution in [0.4, 0.5) is 5.69 Å². The molecule has 2 saturated heterocycles. The van der Waals surface area contributed by atoms with E-state index in [-0.39, 0.29) is 29.5 Å². The van der Waals surface area contributed by atoms with Crippen LogP contribution in [0.2, 0.25) is 43.8 Å². The molecule has 12 heteroatoms. The summed E-state index contributed by atoms with van der Waals surface area (Å²) in [5.41, 5.74) is 7.71. The van der Waals surface area contributed by atoms with Gasteiger partial charge in [-0.25, -0.2) is 9.19 Å². The minimum Gasteiger partial charge on any atom is -0.470 e. The second-order valence-corrected chi connectivity index (χ2v) is 30.3. The van der Waals surface area contributed by atoms with E-state index in [2.05, 4.69) is 99.7 Å². The summed E-state index contributed by atoms with van der Waals surface area (Å²) in [7, 11) is -5.46. The van der Waals surface area contributed by atoms with Crippen molar-refractivity contribution >= 4 is 42.8 Å². The van der Waals surface area contributed by atoms with Gasteiger partial charge in [-0.2, -0.15) is 4.36 Å². The van der Waals surface area contributed by atoms with Crippen molar-refractivity contribution < 1.29 is 27.6 Å². The lowest BCUT2D eigenvalue weighted by Gasteiger charge is -2.39. The van der Waals surface area contributed by atoms with Crippen molar-refractivity contribution in [1.29, 1.82) is 0 Å². The number of hydrogen-bond acceptors (Lipinski definition) is 8. The zero-order chi connectivity index (χ0) is 37.6. The van der Waals surface area contributed by atoms with E-state index in [0.29, 0.717) is 32.4 Å². The van der Waals surface area contributed by atoms with E-state index in [1.165, 1.54) is 0 Å². The number of hydrogen-bond donors (Lipinski definition) is 0. The maximum atomic E-state index is 12.1. The van der Waals surface area contributed by atoms with E-state index in [1.54, 1.807) is 12.5 Å². The summed E-state index contributed by atoms with van der Waals surface area (Å²) in [5, 5.41) is 0.100. The number of pyridine rings is 1. The number of aryl methyl sites for hydroxylation is 1. The van der Waals surface area contributed by atoms with Gasteiger partial charge in [-0.15, -0.1) is 0 Å². The lowest BCUT2D eigenvalue weighted by atomic mass is 10.0. The molecular formula is C40H57N3O6SSi2. The number of ether oxygens (including phenoxy) is 4. The first-order valence-corrected chi connectivity index (χ1v) is 27.3. The average Bonchev–Trinajstić information content (AvgIpc) is 3.72. The Morgan fingerprint density at radius 3 is 2.06 bits per heavy atom. The zero-order valence-corrected chi connectivity index (χ0v) is 35.6. The second-order valence-electron chi connectivity index (χ2n) is 17.4. The molecule has 2 aliphatic rings. The molecular weight excluding hydrogens is 707 g/mol. The minimum atomic E-state index is -2.21. The zero-order valence-electron chi connectivity index (χ0n) is 32.8. The second kappa shape index (κ2) is 14.8. The van der Waals surface area contributed by atoms with Crippen LogP contribution >= 0.6 is 0 Å². The van der Waals surface area contributed by atoms with E-state index >= 15 is 0 Å². The first-order valence-electron chi connectivity index (χ1n) is 18.3. The van der Waals surface area contributed by atoms with Crippen LogP contribution in [0.25, 0.3) is 33.4 Å². The van der Waals surface area contributed by atoms with Gasteiger partial charge >= 0.3 is 0 Å². The largest absolute Gasteiger partial charge is 0.470 e.